The zero-order valence-electron chi connectivity index (χ0n) is 12.8. The van der Waals surface area contributed by atoms with Gasteiger partial charge in [-0.15, -0.1) is 0 Å². The van der Waals surface area contributed by atoms with Crippen LogP contribution in [-0.4, -0.2) is 23.5 Å². The van der Waals surface area contributed by atoms with Gasteiger partial charge in [0.25, 0.3) is 0 Å². The summed E-state index contributed by atoms with van der Waals surface area (Å²) in [5.41, 5.74) is 2.77. The summed E-state index contributed by atoms with van der Waals surface area (Å²) in [6.45, 7) is 0.671. The van der Waals surface area contributed by atoms with Crippen LogP contribution in [0.3, 0.4) is 0 Å². The molecule has 2 N–H and O–H groups in total. The van der Waals surface area contributed by atoms with E-state index in [9.17, 15) is 9.59 Å². The van der Waals surface area contributed by atoms with E-state index in [1.54, 1.807) is 0 Å². The molecule has 1 saturated carbocycles. The monoisotopic (exact) mass is 301 g/mol. The van der Waals surface area contributed by atoms with Crippen molar-refractivity contribution in [2.75, 3.05) is 6.54 Å². The van der Waals surface area contributed by atoms with Crippen molar-refractivity contribution in [1.82, 2.24) is 5.32 Å². The summed E-state index contributed by atoms with van der Waals surface area (Å²) in [6.07, 6.45) is 5.22. The van der Waals surface area contributed by atoms with Crippen molar-refractivity contribution >= 4 is 11.9 Å². The Bertz CT molecular complexity index is 569. The second kappa shape index (κ2) is 6.51. The molecule has 22 heavy (non-hydrogen) atoms. The second-order valence-electron chi connectivity index (χ2n) is 6.58. The van der Waals surface area contributed by atoms with Crippen LogP contribution in [0.4, 0.5) is 0 Å². The fraction of sp³-hybridized carbons (Fsp3) is 0.556. The lowest BCUT2D eigenvalue weighted by Crippen LogP contribution is -2.34. The third kappa shape index (κ3) is 3.16. The highest BCUT2D eigenvalue weighted by molar-refractivity contribution is 5.80. The molecule has 118 valence electrons. The first-order valence-corrected chi connectivity index (χ1v) is 8.23. The summed E-state index contributed by atoms with van der Waals surface area (Å²) in [6, 6.07) is 8.48. The van der Waals surface area contributed by atoms with Crippen molar-refractivity contribution in [3.63, 3.8) is 0 Å². The maximum atomic E-state index is 12.3. The lowest BCUT2D eigenvalue weighted by molar-refractivity contribution is -0.141. The summed E-state index contributed by atoms with van der Waals surface area (Å²) in [5.74, 6) is -0.806. The standard InChI is InChI=1S/C18H23NO3/c20-17(13-8-9-14(10-13)18(21)22)19-11-15-6-3-5-12-4-1-2-7-16(12)15/h1-2,4,7,13-15H,3,5-6,8-11H2,(H,19,20)(H,21,22)/t13-,14+,15?/m0/s1. The first kappa shape index (κ1) is 15.1. The van der Waals surface area contributed by atoms with Gasteiger partial charge in [0.2, 0.25) is 5.91 Å². The van der Waals surface area contributed by atoms with Crippen LogP contribution in [-0.2, 0) is 16.0 Å². The normalized spacial score (nSPS) is 27.2. The largest absolute Gasteiger partial charge is 0.481 e. The van der Waals surface area contributed by atoms with Gasteiger partial charge in [0.15, 0.2) is 0 Å². The Morgan fingerprint density at radius 3 is 2.68 bits per heavy atom. The van der Waals surface area contributed by atoms with E-state index in [1.165, 1.54) is 17.5 Å². The fourth-order valence-corrected chi connectivity index (χ4v) is 3.88. The van der Waals surface area contributed by atoms with Crippen molar-refractivity contribution in [2.45, 2.75) is 44.4 Å². The Morgan fingerprint density at radius 1 is 1.14 bits per heavy atom. The quantitative estimate of drug-likeness (QED) is 0.898. The molecule has 1 unspecified atom stereocenters. The van der Waals surface area contributed by atoms with Crippen LogP contribution in [0.2, 0.25) is 0 Å². The van der Waals surface area contributed by atoms with Crippen LogP contribution in [0.25, 0.3) is 0 Å². The Balaban J connectivity index is 1.55. The number of hydrogen-bond donors (Lipinski definition) is 2. The molecule has 0 saturated heterocycles. The summed E-state index contributed by atoms with van der Waals surface area (Å²) in [7, 11) is 0. The van der Waals surface area contributed by atoms with Crippen molar-refractivity contribution in [3.8, 4) is 0 Å². The summed E-state index contributed by atoms with van der Waals surface area (Å²) in [4.78, 5) is 23.2. The molecule has 1 fully saturated rings. The average molecular weight is 301 g/mol. The highest BCUT2D eigenvalue weighted by Crippen LogP contribution is 2.33. The number of aryl methyl sites for hydroxylation is 1. The second-order valence-corrected chi connectivity index (χ2v) is 6.58. The Hall–Kier alpha value is -1.84. The maximum Gasteiger partial charge on any atom is 0.306 e. The van der Waals surface area contributed by atoms with Gasteiger partial charge in [0.1, 0.15) is 0 Å². The predicted octanol–water partition coefficient (Wildman–Crippen LogP) is 2.72. The molecule has 1 aromatic rings. The van der Waals surface area contributed by atoms with Gasteiger partial charge in [-0.2, -0.15) is 0 Å². The van der Waals surface area contributed by atoms with E-state index in [1.807, 2.05) is 0 Å². The molecule has 4 nitrogen and oxygen atoms in total. The topological polar surface area (TPSA) is 66.4 Å². The molecule has 3 rings (SSSR count). The number of carboxylic acid groups (broad SMARTS) is 1. The van der Waals surface area contributed by atoms with Gasteiger partial charge in [0, 0.05) is 18.4 Å². The molecule has 0 aromatic heterocycles. The molecule has 0 bridgehead atoms. The lowest BCUT2D eigenvalue weighted by atomic mass is 9.83. The van der Waals surface area contributed by atoms with Gasteiger partial charge < -0.3 is 10.4 Å². The minimum absolute atomic E-state index is 0.0341. The van der Waals surface area contributed by atoms with Crippen LogP contribution in [0.15, 0.2) is 24.3 Å². The van der Waals surface area contributed by atoms with Gasteiger partial charge in [-0.3, -0.25) is 9.59 Å². The lowest BCUT2D eigenvalue weighted by Gasteiger charge is -2.26. The number of carboxylic acids is 1. The van der Waals surface area contributed by atoms with Crippen molar-refractivity contribution < 1.29 is 14.7 Å². The van der Waals surface area contributed by atoms with Crippen molar-refractivity contribution in [3.05, 3.63) is 35.4 Å². The van der Waals surface area contributed by atoms with Crippen LogP contribution >= 0.6 is 0 Å². The number of nitrogens with one attached hydrogen (secondary N) is 1. The van der Waals surface area contributed by atoms with Gasteiger partial charge in [-0.05, 0) is 49.7 Å². The van der Waals surface area contributed by atoms with Crippen molar-refractivity contribution in [1.29, 1.82) is 0 Å². The molecule has 4 heteroatoms. The number of aliphatic carboxylic acids is 1. The SMILES string of the molecule is O=C(O)[C@@H]1CC[C@H](C(=O)NCC2CCCc3ccccc32)C1. The predicted molar refractivity (Wildman–Crippen MR) is 83.6 cm³/mol. The maximum absolute atomic E-state index is 12.3. The van der Waals surface area contributed by atoms with E-state index in [0.717, 1.165) is 12.8 Å². The molecule has 2 aliphatic carbocycles. The van der Waals surface area contributed by atoms with E-state index in [2.05, 4.69) is 29.6 Å². The number of fused-ring (bicyclic) bond motifs is 1. The molecule has 0 spiro atoms. The van der Waals surface area contributed by atoms with E-state index >= 15 is 0 Å². The van der Waals surface area contributed by atoms with Gasteiger partial charge in [-0.25, -0.2) is 0 Å². The molecule has 3 atom stereocenters. The summed E-state index contributed by atoms with van der Waals surface area (Å²) in [5, 5.41) is 12.1. The molecule has 1 amide bonds. The number of carbonyl (C=O) groups excluding carboxylic acids is 1. The van der Waals surface area contributed by atoms with Crippen LogP contribution in [0.5, 0.6) is 0 Å². The highest BCUT2D eigenvalue weighted by atomic mass is 16.4. The Morgan fingerprint density at radius 2 is 1.91 bits per heavy atom. The Labute approximate surface area is 130 Å². The first-order chi connectivity index (χ1) is 10.6. The average Bonchev–Trinajstić information content (AvgIpc) is 3.03. The number of hydrogen-bond acceptors (Lipinski definition) is 2. The minimum Gasteiger partial charge on any atom is -0.481 e. The van der Waals surface area contributed by atoms with Crippen LogP contribution < -0.4 is 5.32 Å². The number of amides is 1. The van der Waals surface area contributed by atoms with E-state index in [4.69, 9.17) is 5.11 Å². The van der Waals surface area contributed by atoms with Crippen molar-refractivity contribution in [2.24, 2.45) is 11.8 Å². The molecule has 0 radical (unpaired) electrons. The van der Waals surface area contributed by atoms with Crippen LogP contribution in [0.1, 0.15) is 49.1 Å². The Kier molecular flexibility index (Phi) is 4.46. The molecule has 1 aromatic carbocycles. The fourth-order valence-electron chi connectivity index (χ4n) is 3.88. The van der Waals surface area contributed by atoms with Crippen LogP contribution in [0, 0.1) is 11.8 Å². The molecule has 2 aliphatic rings. The number of benzene rings is 1. The van der Waals surface area contributed by atoms with Gasteiger partial charge in [-0.1, -0.05) is 24.3 Å². The van der Waals surface area contributed by atoms with E-state index in [0.29, 0.717) is 31.7 Å². The number of carbonyl (C=O) groups is 2. The minimum atomic E-state index is -0.767. The molecule has 0 aliphatic heterocycles. The van der Waals surface area contributed by atoms with E-state index < -0.39 is 5.97 Å². The first-order valence-electron chi connectivity index (χ1n) is 8.23. The molecule has 0 heterocycles. The highest BCUT2D eigenvalue weighted by Gasteiger charge is 2.34. The smallest absolute Gasteiger partial charge is 0.306 e. The summed E-state index contributed by atoms with van der Waals surface area (Å²) >= 11 is 0. The van der Waals surface area contributed by atoms with Gasteiger partial charge in [0.05, 0.1) is 5.92 Å². The van der Waals surface area contributed by atoms with Gasteiger partial charge >= 0.3 is 5.97 Å². The molecular weight excluding hydrogens is 278 g/mol. The number of rotatable bonds is 4. The van der Waals surface area contributed by atoms with E-state index in [-0.39, 0.29) is 17.7 Å². The third-order valence-corrected chi connectivity index (χ3v) is 5.17. The molecular formula is C18H23NO3. The third-order valence-electron chi connectivity index (χ3n) is 5.17. The zero-order valence-corrected chi connectivity index (χ0v) is 12.8. The zero-order chi connectivity index (χ0) is 15.5. The summed E-state index contributed by atoms with van der Waals surface area (Å²) < 4.78 is 0.